The maximum absolute atomic E-state index is 12.5. The first-order chi connectivity index (χ1) is 10.2. The molecule has 1 N–H and O–H groups in total. The second kappa shape index (κ2) is 5.48. The van der Waals surface area contributed by atoms with Crippen LogP contribution < -0.4 is 4.72 Å². The third-order valence-electron chi connectivity index (χ3n) is 3.02. The van der Waals surface area contributed by atoms with E-state index in [1.807, 2.05) is 0 Å². The molecule has 22 heavy (non-hydrogen) atoms. The Kier molecular flexibility index (Phi) is 4.01. The van der Waals surface area contributed by atoms with Crippen LogP contribution in [0.25, 0.3) is 0 Å². The Bertz CT molecular complexity index is 732. The summed E-state index contributed by atoms with van der Waals surface area (Å²) in [6, 6.07) is 3.05. The van der Waals surface area contributed by atoms with E-state index in [1.165, 1.54) is 26.2 Å². The van der Waals surface area contributed by atoms with Crippen LogP contribution in [-0.2, 0) is 34.7 Å². The largest absolute Gasteiger partial charge is 0.465 e. The molecule has 8 nitrogen and oxygen atoms in total. The van der Waals surface area contributed by atoms with E-state index in [1.54, 1.807) is 6.07 Å². The van der Waals surface area contributed by atoms with Crippen molar-refractivity contribution >= 4 is 21.8 Å². The third kappa shape index (κ3) is 2.84. The Hall–Kier alpha value is -2.29. The molecule has 1 unspecified atom stereocenters. The monoisotopic (exact) mass is 329 g/mol. The van der Waals surface area contributed by atoms with E-state index < -0.39 is 39.0 Å². The first-order valence-corrected chi connectivity index (χ1v) is 8.06. The highest BCUT2D eigenvalue weighted by molar-refractivity contribution is 7.89. The van der Waals surface area contributed by atoms with Gasteiger partial charge < -0.3 is 13.9 Å². The fourth-order valence-corrected chi connectivity index (χ4v) is 2.41. The highest BCUT2D eigenvalue weighted by atomic mass is 32.2. The van der Waals surface area contributed by atoms with E-state index in [0.717, 1.165) is 6.92 Å². The molecule has 1 aromatic heterocycles. The highest BCUT2D eigenvalue weighted by Gasteiger charge is 2.52. The summed E-state index contributed by atoms with van der Waals surface area (Å²) in [4.78, 5) is 23.6. The lowest BCUT2D eigenvalue weighted by Crippen LogP contribution is -2.32. The Morgan fingerprint density at radius 3 is 2.64 bits per heavy atom. The van der Waals surface area contributed by atoms with Gasteiger partial charge in [-0.15, -0.1) is 0 Å². The highest BCUT2D eigenvalue weighted by Crippen LogP contribution is 2.38. The lowest BCUT2D eigenvalue weighted by molar-refractivity contribution is -0.142. The molecule has 1 atom stereocenters. The van der Waals surface area contributed by atoms with Crippen molar-refractivity contribution in [2.24, 2.45) is 0 Å². The Morgan fingerprint density at radius 1 is 1.45 bits per heavy atom. The van der Waals surface area contributed by atoms with Crippen LogP contribution in [0.5, 0.6) is 0 Å². The predicted molar refractivity (Wildman–Crippen MR) is 73.5 cm³/mol. The molecule has 0 bridgehead atoms. The zero-order valence-corrected chi connectivity index (χ0v) is 13.0. The van der Waals surface area contributed by atoms with Gasteiger partial charge in [0.1, 0.15) is 0 Å². The normalized spacial score (nSPS) is 21.7. The van der Waals surface area contributed by atoms with Crippen molar-refractivity contribution in [3.8, 4) is 0 Å². The van der Waals surface area contributed by atoms with Crippen molar-refractivity contribution in [2.45, 2.75) is 26.4 Å². The van der Waals surface area contributed by atoms with Gasteiger partial charge in [-0.2, -0.15) is 0 Å². The second-order valence-corrected chi connectivity index (χ2v) is 6.71. The molecular formula is C13H15NO7S. The van der Waals surface area contributed by atoms with Crippen LogP contribution in [0, 0.1) is 0 Å². The molecule has 0 radical (unpaired) electrons. The number of ketones is 1. The molecule has 9 heteroatoms. The van der Waals surface area contributed by atoms with Crippen molar-refractivity contribution in [1.82, 2.24) is 4.72 Å². The molecule has 2 heterocycles. The van der Waals surface area contributed by atoms with Gasteiger partial charge in [0.05, 0.1) is 12.0 Å². The number of nitrogens with one attached hydrogen (secondary N) is 1. The summed E-state index contributed by atoms with van der Waals surface area (Å²) in [7, 11) is -3.72. The first kappa shape index (κ1) is 16.1. The number of ether oxygens (including phenoxy) is 2. The molecule has 0 aromatic carbocycles. The van der Waals surface area contributed by atoms with Gasteiger partial charge in [-0.1, -0.05) is 0 Å². The maximum Gasteiger partial charge on any atom is 0.308 e. The summed E-state index contributed by atoms with van der Waals surface area (Å²) in [6.45, 7) is 3.90. The number of hydrogen-bond acceptors (Lipinski definition) is 7. The van der Waals surface area contributed by atoms with Crippen LogP contribution in [0.1, 0.15) is 26.5 Å². The van der Waals surface area contributed by atoms with Crippen LogP contribution in [0.15, 0.2) is 34.5 Å². The summed E-state index contributed by atoms with van der Waals surface area (Å²) in [5, 5.41) is 0. The smallest absolute Gasteiger partial charge is 0.308 e. The summed E-state index contributed by atoms with van der Waals surface area (Å²) >= 11 is 0. The molecule has 0 aliphatic carbocycles. The van der Waals surface area contributed by atoms with E-state index in [2.05, 4.69) is 4.72 Å². The SMILES string of the molecule is CCS(=O)(=O)NC1=C(OC(C)=O)C(=O)C(C)(c2ccco2)O1. The van der Waals surface area contributed by atoms with E-state index >= 15 is 0 Å². The molecule has 0 amide bonds. The Labute approximate surface area is 127 Å². The van der Waals surface area contributed by atoms with Gasteiger partial charge in [0, 0.05) is 6.92 Å². The quantitative estimate of drug-likeness (QED) is 0.794. The third-order valence-corrected chi connectivity index (χ3v) is 4.27. The molecule has 1 aliphatic rings. The van der Waals surface area contributed by atoms with Gasteiger partial charge in [-0.05, 0) is 26.0 Å². The van der Waals surface area contributed by atoms with Crippen LogP contribution in [0.2, 0.25) is 0 Å². The molecule has 0 saturated heterocycles. The minimum Gasteiger partial charge on any atom is -0.465 e. The fourth-order valence-electron chi connectivity index (χ4n) is 1.85. The van der Waals surface area contributed by atoms with Gasteiger partial charge >= 0.3 is 5.97 Å². The molecule has 0 saturated carbocycles. The zero-order chi connectivity index (χ0) is 16.5. The van der Waals surface area contributed by atoms with E-state index in [0.29, 0.717) is 0 Å². The van der Waals surface area contributed by atoms with Crippen LogP contribution in [0.3, 0.4) is 0 Å². The average Bonchev–Trinajstić information content (AvgIpc) is 3.03. The summed E-state index contributed by atoms with van der Waals surface area (Å²) in [5.74, 6) is -2.49. The average molecular weight is 329 g/mol. The van der Waals surface area contributed by atoms with Crippen molar-refractivity contribution in [2.75, 3.05) is 5.75 Å². The Balaban J connectivity index is 2.44. The topological polar surface area (TPSA) is 112 Å². The number of esters is 1. The number of sulfonamides is 1. The lowest BCUT2D eigenvalue weighted by atomic mass is 9.98. The van der Waals surface area contributed by atoms with Crippen LogP contribution in [-0.4, -0.2) is 25.9 Å². The van der Waals surface area contributed by atoms with Crippen molar-refractivity contribution in [3.63, 3.8) is 0 Å². The van der Waals surface area contributed by atoms with Crippen molar-refractivity contribution < 1.29 is 31.9 Å². The number of carbonyl (C=O) groups excluding carboxylic acids is 2. The standard InChI is InChI=1S/C13H15NO7S/c1-4-22(17,18)14-12-10(20-8(2)15)11(16)13(3,21-12)9-6-5-7-19-9/h5-7,14H,4H2,1-3H3. The minimum absolute atomic E-state index is 0.160. The number of carbonyl (C=O) groups is 2. The van der Waals surface area contributed by atoms with E-state index in [9.17, 15) is 18.0 Å². The van der Waals surface area contributed by atoms with Gasteiger partial charge in [0.2, 0.25) is 21.4 Å². The van der Waals surface area contributed by atoms with Gasteiger partial charge in [-0.3, -0.25) is 14.3 Å². The molecule has 120 valence electrons. The van der Waals surface area contributed by atoms with E-state index in [4.69, 9.17) is 13.9 Å². The number of Topliss-reactive ketones (excluding diaryl/α,β-unsaturated/α-hetero) is 1. The molecule has 0 spiro atoms. The van der Waals surface area contributed by atoms with Gasteiger partial charge in [-0.25, -0.2) is 8.42 Å². The number of furan rings is 1. The number of rotatable bonds is 5. The summed E-state index contributed by atoms with van der Waals surface area (Å²) in [6.07, 6.45) is 1.34. The summed E-state index contributed by atoms with van der Waals surface area (Å²) < 4.78 is 40.9. The molecule has 0 fully saturated rings. The van der Waals surface area contributed by atoms with Crippen LogP contribution in [0.4, 0.5) is 0 Å². The zero-order valence-electron chi connectivity index (χ0n) is 12.2. The van der Waals surface area contributed by atoms with Crippen LogP contribution >= 0.6 is 0 Å². The second-order valence-electron chi connectivity index (χ2n) is 4.70. The fraction of sp³-hybridized carbons (Fsp3) is 0.385. The maximum atomic E-state index is 12.5. The van der Waals surface area contributed by atoms with Gasteiger partial charge in [0.15, 0.2) is 5.76 Å². The van der Waals surface area contributed by atoms with Crippen molar-refractivity contribution in [3.05, 3.63) is 35.8 Å². The predicted octanol–water partition coefficient (Wildman–Crippen LogP) is 0.766. The molecule has 2 rings (SSSR count). The van der Waals surface area contributed by atoms with Gasteiger partial charge in [0.25, 0.3) is 11.7 Å². The summed E-state index contributed by atoms with van der Waals surface area (Å²) in [5.41, 5.74) is -1.61. The lowest BCUT2D eigenvalue weighted by Gasteiger charge is -2.20. The van der Waals surface area contributed by atoms with E-state index in [-0.39, 0.29) is 11.5 Å². The van der Waals surface area contributed by atoms with Crippen molar-refractivity contribution in [1.29, 1.82) is 0 Å². The molecular weight excluding hydrogens is 314 g/mol. The first-order valence-electron chi connectivity index (χ1n) is 6.40. The molecule has 1 aromatic rings. The Morgan fingerprint density at radius 2 is 2.14 bits per heavy atom. The number of hydrogen-bond donors (Lipinski definition) is 1. The minimum atomic E-state index is -3.72. The molecule has 1 aliphatic heterocycles.